The van der Waals surface area contributed by atoms with Gasteiger partial charge in [0.1, 0.15) is 27.4 Å². The highest BCUT2D eigenvalue weighted by molar-refractivity contribution is 8.26. The molecule has 4 aromatic rings. The van der Waals surface area contributed by atoms with E-state index in [2.05, 4.69) is 0 Å². The molecular formula is C32H30FN5O3S2. The van der Waals surface area contributed by atoms with Gasteiger partial charge in [0.25, 0.3) is 11.5 Å². The number of pyridine rings is 1. The van der Waals surface area contributed by atoms with E-state index in [9.17, 15) is 14.0 Å². The minimum Gasteiger partial charge on any atom is -0.497 e. The number of carbonyl (C=O) groups excluding carboxylic acids is 1. The molecule has 43 heavy (non-hydrogen) atoms. The van der Waals surface area contributed by atoms with E-state index in [1.165, 1.54) is 22.2 Å². The Hall–Kier alpha value is -4.22. The third-order valence-corrected chi connectivity index (χ3v) is 9.15. The van der Waals surface area contributed by atoms with Crippen LogP contribution in [0.25, 0.3) is 11.7 Å². The van der Waals surface area contributed by atoms with Crippen molar-refractivity contribution in [3.8, 4) is 5.75 Å². The summed E-state index contributed by atoms with van der Waals surface area (Å²) in [6, 6.07) is 18.2. The lowest BCUT2D eigenvalue weighted by molar-refractivity contribution is -0.122. The second kappa shape index (κ2) is 12.2. The first-order valence-electron chi connectivity index (χ1n) is 14.0. The number of hydrogen-bond donors (Lipinski definition) is 0. The van der Waals surface area contributed by atoms with Crippen molar-refractivity contribution in [1.29, 1.82) is 0 Å². The fourth-order valence-corrected chi connectivity index (χ4v) is 6.68. The molecule has 2 aliphatic rings. The average Bonchev–Trinajstić information content (AvgIpc) is 3.29. The molecule has 6 rings (SSSR count). The van der Waals surface area contributed by atoms with Crippen LogP contribution < -0.4 is 20.1 Å². The van der Waals surface area contributed by atoms with Crippen LogP contribution in [0.5, 0.6) is 5.75 Å². The van der Waals surface area contributed by atoms with Crippen molar-refractivity contribution in [3.05, 3.63) is 105 Å². The minimum atomic E-state index is -0.261. The van der Waals surface area contributed by atoms with Gasteiger partial charge in [0.15, 0.2) is 0 Å². The standard InChI is InChI=1S/C32H30FN5O3S2/c1-21-6-5-14-37-28(21)34-29(36-18-16-35(17-19-36)26-8-4-3-7-25(26)33)24(30(37)39)20-27-31(40)38(32(42)43-27)15-13-22-9-11-23(41-2)12-10-22/h3-12,14,20H,13,15-19H2,1-2H3. The van der Waals surface area contributed by atoms with Crippen molar-refractivity contribution >= 4 is 57.4 Å². The maximum absolute atomic E-state index is 14.5. The summed E-state index contributed by atoms with van der Waals surface area (Å²) in [5, 5.41) is 0. The number of anilines is 2. The number of thioether (sulfide) groups is 1. The van der Waals surface area contributed by atoms with Gasteiger partial charge in [-0.25, -0.2) is 9.37 Å². The molecule has 4 heterocycles. The van der Waals surface area contributed by atoms with Crippen LogP contribution in [0.4, 0.5) is 15.9 Å². The highest BCUT2D eigenvalue weighted by Crippen LogP contribution is 2.34. The first-order valence-corrected chi connectivity index (χ1v) is 15.2. The van der Waals surface area contributed by atoms with Crippen molar-refractivity contribution in [3.63, 3.8) is 0 Å². The average molecular weight is 616 g/mol. The van der Waals surface area contributed by atoms with Gasteiger partial charge in [-0.15, -0.1) is 0 Å². The van der Waals surface area contributed by atoms with Gasteiger partial charge in [-0.05, 0) is 60.9 Å². The number of aromatic nitrogens is 2. The Kier molecular flexibility index (Phi) is 8.18. The van der Waals surface area contributed by atoms with E-state index in [0.29, 0.717) is 71.1 Å². The summed E-state index contributed by atoms with van der Waals surface area (Å²) in [4.78, 5) is 38.4. The number of hydrogen-bond acceptors (Lipinski definition) is 8. The van der Waals surface area contributed by atoms with Gasteiger partial charge >= 0.3 is 0 Å². The molecule has 0 N–H and O–H groups in total. The Bertz CT molecular complexity index is 1800. The summed E-state index contributed by atoms with van der Waals surface area (Å²) < 4.78 is 21.7. The van der Waals surface area contributed by atoms with E-state index in [0.717, 1.165) is 16.9 Å². The molecule has 2 aromatic heterocycles. The van der Waals surface area contributed by atoms with E-state index < -0.39 is 0 Å². The predicted octanol–water partition coefficient (Wildman–Crippen LogP) is 4.92. The molecule has 0 radical (unpaired) electrons. The van der Waals surface area contributed by atoms with E-state index in [-0.39, 0.29) is 17.3 Å². The zero-order valence-corrected chi connectivity index (χ0v) is 25.5. The van der Waals surface area contributed by atoms with Gasteiger partial charge in [0.05, 0.1) is 23.3 Å². The molecule has 0 aliphatic carbocycles. The number of benzene rings is 2. The largest absolute Gasteiger partial charge is 0.497 e. The molecule has 1 amide bonds. The van der Waals surface area contributed by atoms with E-state index in [4.69, 9.17) is 21.9 Å². The van der Waals surface area contributed by atoms with Crippen LogP contribution in [-0.4, -0.2) is 64.3 Å². The Labute approximate surface area is 258 Å². The number of fused-ring (bicyclic) bond motifs is 1. The first-order chi connectivity index (χ1) is 20.8. The third-order valence-electron chi connectivity index (χ3n) is 7.77. The van der Waals surface area contributed by atoms with Crippen molar-refractivity contribution in [2.45, 2.75) is 13.3 Å². The summed E-state index contributed by atoms with van der Waals surface area (Å²) in [6.07, 6.45) is 3.95. The van der Waals surface area contributed by atoms with Crippen LogP contribution in [0.3, 0.4) is 0 Å². The molecule has 2 aromatic carbocycles. The van der Waals surface area contributed by atoms with Crippen LogP contribution in [-0.2, 0) is 11.2 Å². The van der Waals surface area contributed by atoms with Crippen molar-refractivity contribution in [2.24, 2.45) is 0 Å². The molecule has 2 aliphatic heterocycles. The van der Waals surface area contributed by atoms with E-state index in [1.54, 1.807) is 42.5 Å². The van der Waals surface area contributed by atoms with Crippen molar-refractivity contribution in [1.82, 2.24) is 14.3 Å². The lowest BCUT2D eigenvalue weighted by Gasteiger charge is -2.37. The number of para-hydroxylation sites is 1. The highest BCUT2D eigenvalue weighted by atomic mass is 32.2. The van der Waals surface area contributed by atoms with E-state index >= 15 is 0 Å². The molecule has 8 nitrogen and oxygen atoms in total. The van der Waals surface area contributed by atoms with Gasteiger partial charge in [-0.2, -0.15) is 0 Å². The Morgan fingerprint density at radius 1 is 1.00 bits per heavy atom. The van der Waals surface area contributed by atoms with Gasteiger partial charge in [0.2, 0.25) is 0 Å². The highest BCUT2D eigenvalue weighted by Gasteiger charge is 2.33. The number of halogens is 1. The number of methoxy groups -OCH3 is 1. The Morgan fingerprint density at radius 2 is 1.72 bits per heavy atom. The molecule has 0 bridgehead atoms. The number of ether oxygens (including phenoxy) is 1. The molecule has 0 atom stereocenters. The van der Waals surface area contributed by atoms with Gasteiger partial charge in [0, 0.05) is 38.9 Å². The maximum atomic E-state index is 14.5. The van der Waals surface area contributed by atoms with Gasteiger partial charge in [-0.1, -0.05) is 54.3 Å². The summed E-state index contributed by atoms with van der Waals surface area (Å²) in [6.45, 7) is 4.52. The molecular weight excluding hydrogens is 586 g/mol. The summed E-state index contributed by atoms with van der Waals surface area (Å²) in [5.74, 6) is 0.791. The third kappa shape index (κ3) is 5.74. The quantitative estimate of drug-likeness (QED) is 0.214. The fraction of sp³-hybridized carbons (Fsp3) is 0.250. The number of aryl methyl sites for hydroxylation is 1. The number of thiocarbonyl (C=S) groups is 1. The summed E-state index contributed by atoms with van der Waals surface area (Å²) in [5.41, 5.74) is 3.11. The number of amides is 1. The Morgan fingerprint density at radius 3 is 2.44 bits per heavy atom. The summed E-state index contributed by atoms with van der Waals surface area (Å²) >= 11 is 6.78. The van der Waals surface area contributed by atoms with Crippen LogP contribution in [0, 0.1) is 12.7 Å². The smallest absolute Gasteiger partial charge is 0.267 e. The van der Waals surface area contributed by atoms with Gasteiger partial charge < -0.3 is 14.5 Å². The molecule has 0 spiro atoms. The minimum absolute atomic E-state index is 0.229. The Balaban J connectivity index is 1.30. The molecule has 0 saturated carbocycles. The van der Waals surface area contributed by atoms with Crippen LogP contribution >= 0.6 is 24.0 Å². The molecule has 0 unspecified atom stereocenters. The van der Waals surface area contributed by atoms with Crippen molar-refractivity contribution < 1.29 is 13.9 Å². The lowest BCUT2D eigenvalue weighted by atomic mass is 10.1. The second-order valence-corrected chi connectivity index (χ2v) is 12.1. The van der Waals surface area contributed by atoms with Crippen LogP contribution in [0.15, 0.2) is 76.6 Å². The monoisotopic (exact) mass is 615 g/mol. The summed E-state index contributed by atoms with van der Waals surface area (Å²) in [7, 11) is 1.62. The molecule has 11 heteroatoms. The van der Waals surface area contributed by atoms with Gasteiger partial charge in [-0.3, -0.25) is 18.9 Å². The van der Waals surface area contributed by atoms with Crippen LogP contribution in [0.1, 0.15) is 16.7 Å². The van der Waals surface area contributed by atoms with Crippen molar-refractivity contribution in [2.75, 3.05) is 49.6 Å². The normalized spacial score (nSPS) is 16.5. The molecule has 2 fully saturated rings. The fourth-order valence-electron chi connectivity index (χ4n) is 5.39. The number of nitrogens with zero attached hydrogens (tertiary/aromatic N) is 5. The second-order valence-electron chi connectivity index (χ2n) is 10.4. The SMILES string of the molecule is COc1ccc(CCN2C(=O)C(=Cc3c(N4CCN(c5ccccc5F)CC4)nc4c(C)cccn4c3=O)SC2=S)cc1. The molecule has 2 saturated heterocycles. The zero-order chi connectivity index (χ0) is 30.1. The number of rotatable bonds is 7. The topological polar surface area (TPSA) is 70.4 Å². The maximum Gasteiger partial charge on any atom is 0.267 e. The number of piperazine rings is 1. The number of carbonyl (C=O) groups is 1. The first kappa shape index (κ1) is 28.9. The lowest BCUT2D eigenvalue weighted by Crippen LogP contribution is -2.47. The predicted molar refractivity (Wildman–Crippen MR) is 174 cm³/mol. The molecule has 220 valence electrons. The van der Waals surface area contributed by atoms with Crippen LogP contribution in [0.2, 0.25) is 0 Å². The zero-order valence-electron chi connectivity index (χ0n) is 23.8. The van der Waals surface area contributed by atoms with E-state index in [1.807, 2.05) is 53.1 Å².